The topological polar surface area (TPSA) is 86.1 Å². The molecule has 0 radical (unpaired) electrons. The van der Waals surface area contributed by atoms with Crippen LogP contribution in [0.3, 0.4) is 0 Å². The maximum atomic E-state index is 9.57. The minimum absolute atomic E-state index is 0. The molecule has 0 amide bonds. The van der Waals surface area contributed by atoms with Crippen molar-refractivity contribution in [2.45, 2.75) is 13.2 Å². The first-order valence-electron chi connectivity index (χ1n) is 12.2. The van der Waals surface area contributed by atoms with E-state index in [-0.39, 0.29) is 39.7 Å². The molecular weight excluding hydrogens is 1060 g/mol. The monoisotopic (exact) mass is 1080 g/mol. The molecular formula is C28H19B2Cl2I4N2O6-. The molecule has 2 heterocycles. The van der Waals surface area contributed by atoms with E-state index >= 15 is 0 Å². The van der Waals surface area contributed by atoms with Crippen molar-refractivity contribution in [3.05, 3.63) is 117 Å². The Kier molecular flexibility index (Phi) is 15.6. The number of fused-ring (bicyclic) bond motifs is 2. The fourth-order valence-electron chi connectivity index (χ4n) is 4.11. The third-order valence-corrected chi connectivity index (χ3v) is 6.67. The van der Waals surface area contributed by atoms with Gasteiger partial charge < -0.3 is 28.8 Å². The summed E-state index contributed by atoms with van der Waals surface area (Å²) >= 11 is 17.3. The van der Waals surface area contributed by atoms with Crippen molar-refractivity contribution in [3.8, 4) is 23.0 Å². The van der Waals surface area contributed by atoms with Crippen LogP contribution in [0.5, 0.6) is 23.0 Å². The molecule has 0 fully saturated rings. The second-order valence-electron chi connectivity index (χ2n) is 8.76. The Morgan fingerprint density at radius 2 is 1.14 bits per heavy atom. The predicted octanol–water partition coefficient (Wildman–Crippen LogP) is 5.19. The molecule has 44 heavy (non-hydrogen) atoms. The van der Waals surface area contributed by atoms with E-state index in [0.29, 0.717) is 55.2 Å². The fraction of sp³-hybridized carbons (Fsp3) is 0.0714. The molecule has 6 rings (SSSR count). The number of hydrogen-bond donors (Lipinski definition) is 2. The van der Waals surface area contributed by atoms with Crippen LogP contribution in [0.1, 0.15) is 11.1 Å². The van der Waals surface area contributed by atoms with E-state index in [0.717, 1.165) is 22.1 Å². The van der Waals surface area contributed by atoms with Gasteiger partial charge in [0.25, 0.3) is 0 Å². The zero-order valence-electron chi connectivity index (χ0n) is 22.2. The van der Waals surface area contributed by atoms with Crippen LogP contribution in [0.25, 0.3) is 9.69 Å². The van der Waals surface area contributed by atoms with Crippen LogP contribution in [-0.2, 0) is 22.5 Å². The molecule has 16 heteroatoms. The van der Waals surface area contributed by atoms with Gasteiger partial charge >= 0.3 is 64.7 Å². The van der Waals surface area contributed by atoms with Crippen LogP contribution >= 0.6 is 84.4 Å². The van der Waals surface area contributed by atoms with Crippen molar-refractivity contribution < 1.29 is 42.1 Å². The van der Waals surface area contributed by atoms with Gasteiger partial charge in [0.1, 0.15) is 23.0 Å². The van der Waals surface area contributed by atoms with Gasteiger partial charge in [0.05, 0.1) is 36.4 Å². The average molecular weight is 1080 g/mol. The van der Waals surface area contributed by atoms with Crippen LogP contribution in [0.2, 0.25) is 10.0 Å². The molecule has 0 saturated heterocycles. The van der Waals surface area contributed by atoms with Crippen molar-refractivity contribution in [1.29, 1.82) is 0 Å². The van der Waals surface area contributed by atoms with Crippen LogP contribution in [0.4, 0.5) is 11.4 Å². The van der Waals surface area contributed by atoms with Crippen LogP contribution in [0, 0.1) is 13.1 Å². The summed E-state index contributed by atoms with van der Waals surface area (Å²) in [6, 6.07) is 20.7. The summed E-state index contributed by atoms with van der Waals surface area (Å²) in [5.41, 5.74) is 4.12. The van der Waals surface area contributed by atoms with E-state index in [1.54, 1.807) is 66.7 Å². The molecule has 0 bridgehead atoms. The van der Waals surface area contributed by atoms with Crippen molar-refractivity contribution in [3.63, 3.8) is 0 Å². The number of halogens is 6. The number of nitrogens with zero attached hydrogens (tertiary/aromatic N) is 2. The van der Waals surface area contributed by atoms with E-state index in [4.69, 9.17) is 55.1 Å². The van der Waals surface area contributed by atoms with Gasteiger partial charge in [-0.15, -0.1) is 24.0 Å². The Morgan fingerprint density at radius 3 is 1.57 bits per heavy atom. The Morgan fingerprint density at radius 1 is 0.705 bits per heavy atom. The van der Waals surface area contributed by atoms with Crippen molar-refractivity contribution in [2.75, 3.05) is 0 Å². The second-order valence-corrected chi connectivity index (χ2v) is 25.8. The van der Waals surface area contributed by atoms with Crippen LogP contribution in [-0.4, -0.2) is 24.3 Å². The van der Waals surface area contributed by atoms with Crippen molar-refractivity contribution >= 4 is 121 Å². The van der Waals surface area contributed by atoms with Gasteiger partial charge in [-0.25, -0.2) is 9.69 Å². The molecule has 226 valence electrons. The van der Waals surface area contributed by atoms with Gasteiger partial charge in [-0.1, -0.05) is 47.5 Å². The van der Waals surface area contributed by atoms with Gasteiger partial charge in [-0.3, -0.25) is 0 Å². The summed E-state index contributed by atoms with van der Waals surface area (Å²) in [5.74, 6) is 2.38. The standard InChI is InChI=1S/C14H8BCl2NO3.C14H10BNO3.I3.HI/c1-18-14-12(16)5-10(6-13(14)17)21-9-2-3-11-8(4-9)7-20-15(11)19;1-16-11-2-4-12(5-3-11)19-13-6-7-14-10(8-13)9-18-15(14)17;1-3-2;/h2-6,19H,7H2;2-8,17H,9H2;;1H/q;;-1;. The first-order chi connectivity index (χ1) is 20.8. The minimum atomic E-state index is -0.879. The first kappa shape index (κ1) is 37.4. The molecule has 2 N–H and O–H groups in total. The number of ether oxygens (including phenoxy) is 2. The molecule has 4 aromatic rings. The number of rotatable bonds is 4. The summed E-state index contributed by atoms with van der Waals surface area (Å²) in [7, 11) is -1.71. The van der Waals surface area contributed by atoms with Crippen molar-refractivity contribution in [1.82, 2.24) is 0 Å². The molecule has 0 saturated carbocycles. The van der Waals surface area contributed by atoms with E-state index in [1.807, 2.05) is 6.07 Å². The maximum absolute atomic E-state index is 9.57. The largest absolute Gasteiger partial charge is 0.491 e. The summed E-state index contributed by atoms with van der Waals surface area (Å²) in [6.45, 7) is 14.6. The molecule has 4 aromatic carbocycles. The Balaban J connectivity index is 0.000000217. The van der Waals surface area contributed by atoms with E-state index in [1.165, 1.54) is 0 Å². The zero-order valence-corrected chi connectivity index (χ0v) is 32.5. The molecule has 2 aliphatic rings. The van der Waals surface area contributed by atoms with Gasteiger partial charge in [-0.2, -0.15) is 0 Å². The zero-order chi connectivity index (χ0) is 30.9. The second kappa shape index (κ2) is 18.3. The maximum Gasteiger partial charge on any atom is 0.491 e. The van der Waals surface area contributed by atoms with E-state index < -0.39 is 14.2 Å². The van der Waals surface area contributed by atoms with E-state index in [9.17, 15) is 10.0 Å². The Bertz CT molecular complexity index is 1670. The quantitative estimate of drug-likeness (QED) is 0.167. The Hall–Kier alpha value is -1.07. The van der Waals surface area contributed by atoms with Crippen molar-refractivity contribution in [2.24, 2.45) is 0 Å². The smallest absolute Gasteiger partial charge is 0.457 e. The molecule has 0 unspecified atom stereocenters. The third-order valence-electron chi connectivity index (χ3n) is 6.09. The number of hydrogen-bond acceptors (Lipinski definition) is 6. The summed E-state index contributed by atoms with van der Waals surface area (Å²) in [5, 5.41) is 19.6. The summed E-state index contributed by atoms with van der Waals surface area (Å²) in [4.78, 5) is 6.58. The Labute approximate surface area is 312 Å². The summed E-state index contributed by atoms with van der Waals surface area (Å²) < 4.78 is 21.6. The normalized spacial score (nSPS) is 12.3. The first-order valence-corrected chi connectivity index (χ1v) is 25.5. The van der Waals surface area contributed by atoms with Gasteiger partial charge in [0.2, 0.25) is 5.69 Å². The van der Waals surface area contributed by atoms with Crippen LogP contribution < -0.4 is 33.7 Å². The third kappa shape index (κ3) is 9.96. The molecule has 2 aliphatic heterocycles. The summed E-state index contributed by atoms with van der Waals surface area (Å²) in [6.07, 6.45) is 0. The average Bonchev–Trinajstić information content (AvgIpc) is 3.55. The minimum Gasteiger partial charge on any atom is -0.457 e. The number of benzene rings is 4. The predicted molar refractivity (Wildman–Crippen MR) is 197 cm³/mol. The van der Waals surface area contributed by atoms with Gasteiger partial charge in [-0.05, 0) is 70.6 Å². The van der Waals surface area contributed by atoms with Gasteiger partial charge in [0, 0.05) is 0 Å². The fourth-order valence-corrected chi connectivity index (χ4v) is 4.66. The molecule has 0 aliphatic carbocycles. The van der Waals surface area contributed by atoms with E-state index in [2.05, 4.69) is 46.9 Å². The molecule has 0 aromatic heterocycles. The SMILES string of the molecule is I.I[I-]I.[C-]#[N+]c1c(Cl)cc(Oc2ccc3c(c2)COB3O)cc1Cl.[C-]#[N+]c1ccc(Oc2ccc3c(c2)COB3O)cc1. The molecule has 0 spiro atoms. The van der Waals surface area contributed by atoms with Crippen LogP contribution in [0.15, 0.2) is 72.8 Å². The van der Waals surface area contributed by atoms with Gasteiger partial charge in [0.15, 0.2) is 5.69 Å². The molecule has 0 atom stereocenters. The molecule has 8 nitrogen and oxygen atoms in total.